The summed E-state index contributed by atoms with van der Waals surface area (Å²) in [5.74, 6) is 0.0953. The van der Waals surface area contributed by atoms with Crippen LogP contribution < -0.4 is 5.73 Å². The van der Waals surface area contributed by atoms with Crippen molar-refractivity contribution >= 4 is 17.2 Å². The van der Waals surface area contributed by atoms with Gasteiger partial charge in [0.2, 0.25) is 5.91 Å². The summed E-state index contributed by atoms with van der Waals surface area (Å²) < 4.78 is 0. The van der Waals surface area contributed by atoms with Gasteiger partial charge in [0.1, 0.15) is 0 Å². The highest BCUT2D eigenvalue weighted by molar-refractivity contribution is 7.09. The van der Waals surface area contributed by atoms with Crippen molar-refractivity contribution in [1.82, 2.24) is 4.90 Å². The highest BCUT2D eigenvalue weighted by atomic mass is 32.1. The van der Waals surface area contributed by atoms with E-state index >= 15 is 0 Å². The topological polar surface area (TPSA) is 46.3 Å². The van der Waals surface area contributed by atoms with Gasteiger partial charge in [0.15, 0.2) is 0 Å². The Morgan fingerprint density at radius 2 is 2.00 bits per heavy atom. The molecule has 1 heterocycles. The number of likely N-dealkylation sites (N-methyl/N-ethyl adjacent to an activating group) is 1. The van der Waals surface area contributed by atoms with Gasteiger partial charge in [0, 0.05) is 30.9 Å². The van der Waals surface area contributed by atoms with Crippen molar-refractivity contribution in [3.8, 4) is 0 Å². The van der Waals surface area contributed by atoms with E-state index in [2.05, 4.69) is 11.4 Å². The minimum atomic E-state index is -0.229. The molecule has 1 aromatic heterocycles. The second-order valence-corrected chi connectivity index (χ2v) is 5.90. The van der Waals surface area contributed by atoms with Crippen molar-refractivity contribution in [2.45, 2.75) is 18.9 Å². The summed E-state index contributed by atoms with van der Waals surface area (Å²) in [5, 5.41) is 2.06. The van der Waals surface area contributed by atoms with Crippen molar-refractivity contribution in [1.29, 1.82) is 0 Å². The third-order valence-electron chi connectivity index (χ3n) is 3.32. The molecule has 1 atom stereocenters. The first-order valence-electron chi connectivity index (χ1n) is 6.73. The average Bonchev–Trinajstić information content (AvgIpc) is 2.98. The number of nitrogens with two attached hydrogens (primary N) is 1. The lowest BCUT2D eigenvalue weighted by Crippen LogP contribution is -2.31. The zero-order chi connectivity index (χ0) is 14.4. The molecule has 4 heteroatoms. The molecule has 0 radical (unpaired) electrons. The van der Waals surface area contributed by atoms with Crippen molar-refractivity contribution in [2.24, 2.45) is 5.73 Å². The van der Waals surface area contributed by atoms with E-state index in [1.54, 1.807) is 16.2 Å². The fourth-order valence-corrected chi connectivity index (χ4v) is 2.72. The first-order chi connectivity index (χ1) is 9.66. The molecule has 0 spiro atoms. The molecule has 2 N–H and O–H groups in total. The van der Waals surface area contributed by atoms with Gasteiger partial charge in [-0.05, 0) is 23.4 Å². The lowest BCUT2D eigenvalue weighted by atomic mass is 10.0. The largest absolute Gasteiger partial charge is 0.345 e. The van der Waals surface area contributed by atoms with E-state index in [0.29, 0.717) is 6.42 Å². The first kappa shape index (κ1) is 14.8. The van der Waals surface area contributed by atoms with Crippen LogP contribution in [-0.4, -0.2) is 24.4 Å². The summed E-state index contributed by atoms with van der Waals surface area (Å²) >= 11 is 1.72. The third kappa shape index (κ3) is 4.18. The lowest BCUT2D eigenvalue weighted by Gasteiger charge is -2.19. The molecule has 20 heavy (non-hydrogen) atoms. The Morgan fingerprint density at radius 1 is 1.25 bits per heavy atom. The number of hydrogen-bond acceptors (Lipinski definition) is 3. The second-order valence-electron chi connectivity index (χ2n) is 4.87. The van der Waals surface area contributed by atoms with Gasteiger partial charge < -0.3 is 10.6 Å². The van der Waals surface area contributed by atoms with Crippen LogP contribution in [0.5, 0.6) is 0 Å². The molecule has 1 aromatic carbocycles. The molecule has 2 aromatic rings. The van der Waals surface area contributed by atoms with Crippen LogP contribution in [0.15, 0.2) is 47.8 Å². The molecular weight excluding hydrogens is 268 g/mol. The van der Waals surface area contributed by atoms with E-state index in [9.17, 15) is 4.79 Å². The molecule has 0 saturated carbocycles. The number of carbonyl (C=O) groups is 1. The van der Waals surface area contributed by atoms with Crippen LogP contribution >= 0.6 is 11.3 Å². The molecule has 1 unspecified atom stereocenters. The summed E-state index contributed by atoms with van der Waals surface area (Å²) in [6, 6.07) is 13.7. The number of benzene rings is 1. The normalized spacial score (nSPS) is 12.1. The zero-order valence-electron chi connectivity index (χ0n) is 11.7. The molecule has 0 fully saturated rings. The predicted octanol–water partition coefficient (Wildman–Crippen LogP) is 2.84. The number of amides is 1. The Morgan fingerprint density at radius 3 is 2.65 bits per heavy atom. The van der Waals surface area contributed by atoms with Crippen LogP contribution in [0.2, 0.25) is 0 Å². The van der Waals surface area contributed by atoms with Crippen molar-refractivity contribution < 1.29 is 4.79 Å². The number of nitrogens with zero attached hydrogens (tertiary/aromatic N) is 1. The number of thiophene rings is 1. The fourth-order valence-electron chi connectivity index (χ4n) is 2.02. The highest BCUT2D eigenvalue weighted by Gasteiger charge is 2.15. The maximum atomic E-state index is 12.1. The van der Waals surface area contributed by atoms with Gasteiger partial charge in [-0.3, -0.25) is 4.79 Å². The quantitative estimate of drug-likeness (QED) is 0.888. The molecule has 1 amide bonds. The zero-order valence-corrected chi connectivity index (χ0v) is 12.5. The van der Waals surface area contributed by atoms with E-state index in [0.717, 1.165) is 18.5 Å². The van der Waals surface area contributed by atoms with Crippen LogP contribution in [0.3, 0.4) is 0 Å². The van der Waals surface area contributed by atoms with Crippen LogP contribution in [0.25, 0.3) is 0 Å². The summed E-state index contributed by atoms with van der Waals surface area (Å²) in [6.07, 6.45) is 1.26. The monoisotopic (exact) mass is 288 g/mol. The van der Waals surface area contributed by atoms with Crippen molar-refractivity contribution in [2.75, 3.05) is 13.6 Å². The summed E-state index contributed by atoms with van der Waals surface area (Å²) in [6.45, 7) is 0.737. The Kier molecular flexibility index (Phi) is 5.32. The second kappa shape index (κ2) is 7.22. The van der Waals surface area contributed by atoms with Crippen LogP contribution in [0.4, 0.5) is 0 Å². The number of hydrogen-bond donors (Lipinski definition) is 1. The molecule has 0 bridgehead atoms. The van der Waals surface area contributed by atoms with Gasteiger partial charge >= 0.3 is 0 Å². The smallest absolute Gasteiger partial charge is 0.224 e. The van der Waals surface area contributed by atoms with Crippen molar-refractivity contribution in [3.05, 3.63) is 58.3 Å². The Labute approximate surface area is 124 Å². The van der Waals surface area contributed by atoms with E-state index in [1.165, 1.54) is 4.88 Å². The highest BCUT2D eigenvalue weighted by Crippen LogP contribution is 2.15. The minimum Gasteiger partial charge on any atom is -0.345 e. The molecule has 106 valence electrons. The number of rotatable bonds is 6. The van der Waals surface area contributed by atoms with Gasteiger partial charge in [-0.15, -0.1) is 11.3 Å². The summed E-state index contributed by atoms with van der Waals surface area (Å²) in [4.78, 5) is 15.2. The van der Waals surface area contributed by atoms with E-state index in [-0.39, 0.29) is 11.9 Å². The molecule has 3 nitrogen and oxygen atoms in total. The molecule has 0 aliphatic heterocycles. The van der Waals surface area contributed by atoms with Gasteiger partial charge in [-0.1, -0.05) is 36.4 Å². The molecule has 0 aliphatic carbocycles. The first-order valence-corrected chi connectivity index (χ1v) is 7.61. The Balaban J connectivity index is 1.81. The third-order valence-corrected chi connectivity index (χ3v) is 4.26. The SMILES string of the molecule is CN(CCc1cccs1)C(=O)CC(N)c1ccccc1. The molecule has 2 rings (SSSR count). The predicted molar refractivity (Wildman–Crippen MR) is 83.6 cm³/mol. The Hall–Kier alpha value is -1.65. The van der Waals surface area contributed by atoms with E-state index in [4.69, 9.17) is 5.73 Å². The van der Waals surface area contributed by atoms with Gasteiger partial charge in [0.25, 0.3) is 0 Å². The van der Waals surface area contributed by atoms with E-state index in [1.807, 2.05) is 43.4 Å². The van der Waals surface area contributed by atoms with Gasteiger partial charge in [-0.2, -0.15) is 0 Å². The van der Waals surface area contributed by atoms with Gasteiger partial charge in [-0.25, -0.2) is 0 Å². The standard InChI is InChI=1S/C16H20N2OS/c1-18(10-9-14-8-5-11-20-14)16(19)12-15(17)13-6-3-2-4-7-13/h2-8,11,15H,9-10,12,17H2,1H3. The van der Waals surface area contributed by atoms with Crippen LogP contribution in [0.1, 0.15) is 22.9 Å². The van der Waals surface area contributed by atoms with E-state index < -0.39 is 0 Å². The molecule has 0 aliphatic rings. The molecule has 0 saturated heterocycles. The maximum absolute atomic E-state index is 12.1. The average molecular weight is 288 g/mol. The van der Waals surface area contributed by atoms with Crippen LogP contribution in [-0.2, 0) is 11.2 Å². The van der Waals surface area contributed by atoms with Crippen molar-refractivity contribution in [3.63, 3.8) is 0 Å². The fraction of sp³-hybridized carbons (Fsp3) is 0.312. The lowest BCUT2D eigenvalue weighted by molar-refractivity contribution is -0.130. The van der Waals surface area contributed by atoms with Gasteiger partial charge in [0.05, 0.1) is 0 Å². The summed E-state index contributed by atoms with van der Waals surface area (Å²) in [7, 11) is 1.84. The summed E-state index contributed by atoms with van der Waals surface area (Å²) in [5.41, 5.74) is 7.09. The maximum Gasteiger partial charge on any atom is 0.224 e. The molecular formula is C16H20N2OS. The van der Waals surface area contributed by atoms with Crippen LogP contribution in [0, 0.1) is 0 Å². The number of carbonyl (C=O) groups excluding carboxylic acids is 1. The Bertz CT molecular complexity index is 525. The minimum absolute atomic E-state index is 0.0953.